The van der Waals surface area contributed by atoms with Crippen LogP contribution in [0.5, 0.6) is 5.75 Å². The second kappa shape index (κ2) is 9.48. The van der Waals surface area contributed by atoms with Gasteiger partial charge in [-0.15, -0.1) is 6.42 Å². The van der Waals surface area contributed by atoms with Crippen molar-refractivity contribution in [3.8, 4) is 18.1 Å². The monoisotopic (exact) mass is 397 g/mol. The molecule has 0 aliphatic carbocycles. The minimum absolute atomic E-state index is 0.113. The smallest absolute Gasteiger partial charge is 0.267 e. The molecule has 144 valence electrons. The van der Waals surface area contributed by atoms with Crippen molar-refractivity contribution >= 4 is 33.6 Å². The molecule has 0 saturated heterocycles. The summed E-state index contributed by atoms with van der Waals surface area (Å²) < 4.78 is 26.2. The molecule has 28 heavy (non-hydrogen) atoms. The number of carbonyl (C=O) groups is 1. The van der Waals surface area contributed by atoms with Crippen LogP contribution in [0.15, 0.2) is 53.4 Å². The number of ether oxygens (including phenoxy) is 1. The van der Waals surface area contributed by atoms with Gasteiger partial charge in [-0.25, -0.2) is 4.98 Å². The molecule has 2 aromatic carbocycles. The van der Waals surface area contributed by atoms with E-state index in [1.807, 2.05) is 6.07 Å². The minimum Gasteiger partial charge on any atom is -0.768 e. The van der Waals surface area contributed by atoms with Crippen LogP contribution in [0.3, 0.4) is 0 Å². The first-order chi connectivity index (χ1) is 13.4. The summed E-state index contributed by atoms with van der Waals surface area (Å²) in [6.45, 7) is 0. The standard InChI is InChI=1S/C10H10N4O.C9H8O3S/c11-10(15)9-5-4-6-7(13-9)2-1-3-8(6)14-12;1-3-7-4-5-9(13(10)11)8(6-7)12-2/h1-5,14H,12H2,(H2,11,15);1,4-6H,2H3,(H,10,11)/p-1. The maximum Gasteiger partial charge on any atom is 0.267 e. The zero-order valence-corrected chi connectivity index (χ0v) is 15.7. The number of terminal acetylenes is 1. The van der Waals surface area contributed by atoms with Crippen molar-refractivity contribution in [1.29, 1.82) is 0 Å². The van der Waals surface area contributed by atoms with Crippen molar-refractivity contribution in [3.63, 3.8) is 0 Å². The fraction of sp³-hybridized carbons (Fsp3) is 0.0526. The fourth-order valence-electron chi connectivity index (χ4n) is 2.31. The molecule has 5 N–H and O–H groups in total. The molecule has 3 aromatic rings. The van der Waals surface area contributed by atoms with Gasteiger partial charge >= 0.3 is 0 Å². The highest BCUT2D eigenvalue weighted by Crippen LogP contribution is 2.22. The Hall–Kier alpha value is -3.45. The predicted octanol–water partition coefficient (Wildman–Crippen LogP) is 1.53. The summed E-state index contributed by atoms with van der Waals surface area (Å²) >= 11 is -2.29. The Morgan fingerprint density at radius 1 is 1.29 bits per heavy atom. The zero-order valence-electron chi connectivity index (χ0n) is 14.8. The van der Waals surface area contributed by atoms with E-state index in [0.29, 0.717) is 11.1 Å². The van der Waals surface area contributed by atoms with Crippen LogP contribution in [-0.2, 0) is 11.1 Å². The Morgan fingerprint density at radius 2 is 2.04 bits per heavy atom. The number of nitrogens with two attached hydrogens (primary N) is 2. The number of rotatable bonds is 4. The molecule has 0 radical (unpaired) electrons. The van der Waals surface area contributed by atoms with E-state index in [2.05, 4.69) is 16.3 Å². The highest BCUT2D eigenvalue weighted by atomic mass is 32.2. The highest BCUT2D eigenvalue weighted by molar-refractivity contribution is 7.79. The minimum atomic E-state index is -2.29. The van der Waals surface area contributed by atoms with E-state index < -0.39 is 17.0 Å². The molecule has 1 amide bonds. The van der Waals surface area contributed by atoms with Gasteiger partial charge in [-0.05, 0) is 53.5 Å². The number of nitrogens with one attached hydrogen (secondary N) is 1. The van der Waals surface area contributed by atoms with E-state index >= 15 is 0 Å². The Bertz CT molecular complexity index is 1080. The topological polar surface area (TPSA) is 143 Å². The molecule has 0 aliphatic rings. The van der Waals surface area contributed by atoms with Gasteiger partial charge in [-0.3, -0.25) is 14.8 Å². The van der Waals surface area contributed by atoms with Crippen molar-refractivity contribution in [2.45, 2.75) is 4.90 Å². The first kappa shape index (κ1) is 20.9. The summed E-state index contributed by atoms with van der Waals surface area (Å²) in [4.78, 5) is 15.1. The Morgan fingerprint density at radius 3 is 2.61 bits per heavy atom. The number of fused-ring (bicyclic) bond motifs is 1. The Balaban J connectivity index is 0.000000203. The largest absolute Gasteiger partial charge is 0.768 e. The predicted molar refractivity (Wildman–Crippen MR) is 106 cm³/mol. The van der Waals surface area contributed by atoms with Crippen molar-refractivity contribution < 1.29 is 18.3 Å². The van der Waals surface area contributed by atoms with Gasteiger partial charge < -0.3 is 20.4 Å². The molecule has 9 heteroatoms. The van der Waals surface area contributed by atoms with Crippen molar-refractivity contribution in [2.24, 2.45) is 11.6 Å². The summed E-state index contributed by atoms with van der Waals surface area (Å²) in [5.41, 5.74) is 9.97. The number of nitrogen functional groups attached to an aromatic ring is 1. The van der Waals surface area contributed by atoms with Gasteiger partial charge in [-0.2, -0.15) is 0 Å². The lowest BCUT2D eigenvalue weighted by Gasteiger charge is -2.10. The van der Waals surface area contributed by atoms with Gasteiger partial charge in [0, 0.05) is 10.9 Å². The van der Waals surface area contributed by atoms with E-state index in [9.17, 15) is 13.6 Å². The number of aromatic nitrogens is 1. The lowest BCUT2D eigenvalue weighted by molar-refractivity contribution is 0.0996. The third-order valence-corrected chi connectivity index (χ3v) is 4.35. The second-order valence-corrected chi connectivity index (χ2v) is 6.23. The van der Waals surface area contributed by atoms with E-state index in [-0.39, 0.29) is 16.3 Å². The van der Waals surface area contributed by atoms with E-state index in [4.69, 9.17) is 22.7 Å². The third kappa shape index (κ3) is 4.83. The maximum absolute atomic E-state index is 10.9. The molecule has 0 bridgehead atoms. The summed E-state index contributed by atoms with van der Waals surface area (Å²) in [5, 5.41) is 0.852. The van der Waals surface area contributed by atoms with Crippen LogP contribution in [0.2, 0.25) is 0 Å². The Kier molecular flexibility index (Phi) is 7.06. The Labute approximate surface area is 164 Å². The summed E-state index contributed by atoms with van der Waals surface area (Å²) in [6, 6.07) is 13.2. The van der Waals surface area contributed by atoms with Gasteiger partial charge in [0.05, 0.1) is 23.2 Å². The van der Waals surface area contributed by atoms with E-state index in [0.717, 1.165) is 11.1 Å². The van der Waals surface area contributed by atoms with Gasteiger partial charge in [0.25, 0.3) is 5.91 Å². The first-order valence-corrected chi connectivity index (χ1v) is 8.88. The van der Waals surface area contributed by atoms with Crippen LogP contribution in [0.4, 0.5) is 5.69 Å². The first-order valence-electron chi connectivity index (χ1n) is 7.81. The van der Waals surface area contributed by atoms with Gasteiger partial charge in [0.2, 0.25) is 0 Å². The van der Waals surface area contributed by atoms with Crippen LogP contribution in [0.25, 0.3) is 10.9 Å². The van der Waals surface area contributed by atoms with E-state index in [1.165, 1.54) is 19.2 Å². The van der Waals surface area contributed by atoms with Crippen molar-refractivity contribution in [3.05, 3.63) is 59.8 Å². The fourth-order valence-corrected chi connectivity index (χ4v) is 2.80. The number of hydrazine groups is 1. The van der Waals surface area contributed by atoms with Gasteiger partial charge in [0.1, 0.15) is 11.4 Å². The molecule has 0 aliphatic heterocycles. The molecule has 0 spiro atoms. The van der Waals surface area contributed by atoms with Crippen LogP contribution < -0.4 is 21.7 Å². The number of primary amides is 1. The number of nitrogens with zero attached hydrogens (tertiary/aromatic N) is 1. The molecule has 1 aromatic heterocycles. The number of anilines is 1. The molecule has 1 heterocycles. The quantitative estimate of drug-likeness (QED) is 0.262. The molecule has 8 nitrogen and oxygen atoms in total. The molecule has 0 fully saturated rings. The number of methoxy groups -OCH3 is 1. The number of pyridine rings is 1. The molecule has 0 saturated carbocycles. The van der Waals surface area contributed by atoms with Crippen LogP contribution >= 0.6 is 0 Å². The number of hydrogen-bond donors (Lipinski definition) is 3. The summed E-state index contributed by atoms with van der Waals surface area (Å²) in [7, 11) is 1.39. The van der Waals surface area contributed by atoms with Crippen molar-refractivity contribution in [1.82, 2.24) is 4.98 Å². The van der Waals surface area contributed by atoms with Gasteiger partial charge in [0.15, 0.2) is 0 Å². The maximum atomic E-state index is 10.9. The average Bonchev–Trinajstić information content (AvgIpc) is 2.72. The molecule has 1 unspecified atom stereocenters. The number of carbonyl (C=O) groups excluding carboxylic acids is 1. The number of hydrogen-bond acceptors (Lipinski definition) is 7. The van der Waals surface area contributed by atoms with Crippen LogP contribution in [0, 0.1) is 12.3 Å². The number of amides is 1. The highest BCUT2D eigenvalue weighted by Gasteiger charge is 2.05. The normalized spacial score (nSPS) is 10.9. The summed E-state index contributed by atoms with van der Waals surface area (Å²) in [6.07, 6.45) is 5.14. The third-order valence-electron chi connectivity index (χ3n) is 3.65. The molecular formula is C19H17N4O4S-. The second-order valence-electron chi connectivity index (χ2n) is 5.32. The van der Waals surface area contributed by atoms with Crippen LogP contribution in [-0.4, -0.2) is 26.8 Å². The van der Waals surface area contributed by atoms with Crippen LogP contribution in [0.1, 0.15) is 16.1 Å². The lowest BCUT2D eigenvalue weighted by atomic mass is 10.1. The lowest BCUT2D eigenvalue weighted by Crippen LogP contribution is -2.13. The number of benzene rings is 2. The SMILES string of the molecule is C#Cc1ccc(S(=O)[O-])c(OC)c1.NNc1cccc2nc(C(N)=O)ccc12. The van der Waals surface area contributed by atoms with Gasteiger partial charge in [-0.1, -0.05) is 12.0 Å². The molecule has 1 atom stereocenters. The zero-order chi connectivity index (χ0) is 20.7. The average molecular weight is 397 g/mol. The van der Waals surface area contributed by atoms with E-state index in [1.54, 1.807) is 30.3 Å². The van der Waals surface area contributed by atoms with Crippen molar-refractivity contribution in [2.75, 3.05) is 12.5 Å². The summed E-state index contributed by atoms with van der Waals surface area (Å²) in [5.74, 6) is 7.46. The molecular weight excluding hydrogens is 380 g/mol. The molecule has 3 rings (SSSR count).